The lowest BCUT2D eigenvalue weighted by Crippen LogP contribution is -3.28. The first-order valence-electron chi connectivity index (χ1n) is 7.56. The molecule has 0 aliphatic carbocycles. The van der Waals surface area contributed by atoms with Gasteiger partial charge in [0.2, 0.25) is 0 Å². The number of quaternary nitrogens is 3. The van der Waals surface area contributed by atoms with Crippen molar-refractivity contribution < 1.29 is 19.5 Å². The van der Waals surface area contributed by atoms with E-state index in [1.807, 2.05) is 6.07 Å². The van der Waals surface area contributed by atoms with E-state index in [0.717, 1.165) is 18.7 Å². The van der Waals surface area contributed by atoms with Gasteiger partial charge >= 0.3 is 0 Å². The Hall–Kier alpha value is -0.970. The Bertz CT molecular complexity index is 441. The topological polar surface area (TPSA) is 25.5 Å². The van der Waals surface area contributed by atoms with Crippen LogP contribution in [0.25, 0.3) is 0 Å². The van der Waals surface area contributed by atoms with Crippen LogP contribution in [0.1, 0.15) is 24.1 Å². The lowest BCUT2D eigenvalue weighted by Gasteiger charge is -2.35. The van der Waals surface area contributed by atoms with Crippen LogP contribution in [0.4, 0.5) is 4.39 Å². The summed E-state index contributed by atoms with van der Waals surface area (Å²) in [4.78, 5) is 3.27. The molecule has 1 fully saturated rings. The van der Waals surface area contributed by atoms with Crippen LogP contribution in [0, 0.1) is 5.82 Å². The lowest BCUT2D eigenvalue weighted by molar-refractivity contribution is -1.03. The van der Waals surface area contributed by atoms with E-state index in [1.54, 1.807) is 15.9 Å². The number of fused-ring (bicyclic) bond motifs is 1. The minimum atomic E-state index is 0.00775. The second-order valence-electron chi connectivity index (χ2n) is 5.86. The Balaban J connectivity index is 1.80. The first-order valence-corrected chi connectivity index (χ1v) is 7.56. The monoisotopic (exact) mass is 266 g/mol. The van der Waals surface area contributed by atoms with Crippen LogP contribution in [0.2, 0.25) is 0 Å². The summed E-state index contributed by atoms with van der Waals surface area (Å²) in [5, 5.41) is 2.33. The first kappa shape index (κ1) is 13.0. The number of nitrogens with one attached hydrogen (secondary N) is 2. The molecular formula is C15H25FN3+3. The van der Waals surface area contributed by atoms with Gasteiger partial charge in [-0.05, 0) is 13.0 Å². The minimum absolute atomic E-state index is 0.00775. The summed E-state index contributed by atoms with van der Waals surface area (Å²) < 4.78 is 14.2. The molecule has 1 saturated heterocycles. The molecule has 0 amide bonds. The molecule has 0 saturated carbocycles. The van der Waals surface area contributed by atoms with Crippen molar-refractivity contribution in [1.29, 1.82) is 0 Å². The number of piperazine rings is 1. The smallest absolute Gasteiger partial charge is 0.166 e. The zero-order valence-electron chi connectivity index (χ0n) is 11.7. The molecule has 2 heterocycles. The Morgan fingerprint density at radius 1 is 1.26 bits per heavy atom. The van der Waals surface area contributed by atoms with Crippen LogP contribution >= 0.6 is 0 Å². The maximum atomic E-state index is 14.2. The fraction of sp³-hybridized carbons (Fsp3) is 0.600. The second-order valence-corrected chi connectivity index (χ2v) is 5.86. The molecule has 104 valence electrons. The molecule has 1 aromatic carbocycles. The van der Waals surface area contributed by atoms with Crippen molar-refractivity contribution >= 4 is 0 Å². The third-order valence-corrected chi connectivity index (χ3v) is 4.85. The summed E-state index contributed by atoms with van der Waals surface area (Å²) >= 11 is 0. The van der Waals surface area contributed by atoms with Gasteiger partial charge in [0.25, 0.3) is 0 Å². The molecule has 4 heteroatoms. The number of halogens is 1. The molecule has 0 radical (unpaired) electrons. The Morgan fingerprint density at radius 3 is 2.79 bits per heavy atom. The van der Waals surface area contributed by atoms with Crippen LogP contribution in [-0.4, -0.2) is 39.3 Å². The van der Waals surface area contributed by atoms with Crippen LogP contribution < -0.4 is 15.1 Å². The third kappa shape index (κ3) is 2.53. The lowest BCUT2D eigenvalue weighted by atomic mass is 9.94. The highest BCUT2D eigenvalue weighted by molar-refractivity contribution is 5.30. The highest BCUT2D eigenvalue weighted by atomic mass is 19.1. The summed E-state index contributed by atoms with van der Waals surface area (Å²) in [5.74, 6) is 0.00775. The van der Waals surface area contributed by atoms with E-state index in [9.17, 15) is 4.39 Å². The first-order chi connectivity index (χ1) is 9.29. The van der Waals surface area contributed by atoms with Gasteiger partial charge in [0.1, 0.15) is 45.1 Å². The molecular weight excluding hydrogens is 241 g/mol. The molecule has 1 atom stereocenters. The molecule has 0 bridgehead atoms. The normalized spacial score (nSPS) is 30.9. The van der Waals surface area contributed by atoms with Crippen molar-refractivity contribution in [3.63, 3.8) is 0 Å². The fourth-order valence-electron chi connectivity index (χ4n) is 3.67. The van der Waals surface area contributed by atoms with E-state index in [1.165, 1.54) is 38.3 Å². The van der Waals surface area contributed by atoms with Crippen molar-refractivity contribution in [2.45, 2.75) is 19.5 Å². The quantitative estimate of drug-likeness (QED) is 0.539. The second kappa shape index (κ2) is 5.57. The molecule has 2 aliphatic heterocycles. The highest BCUT2D eigenvalue weighted by Crippen LogP contribution is 2.20. The van der Waals surface area contributed by atoms with E-state index in [2.05, 4.69) is 18.3 Å². The summed E-state index contributed by atoms with van der Waals surface area (Å²) in [6.07, 6.45) is 0. The molecule has 1 aromatic rings. The van der Waals surface area contributed by atoms with Gasteiger partial charge in [0.15, 0.2) is 6.04 Å². The van der Waals surface area contributed by atoms with Gasteiger partial charge in [-0.25, -0.2) is 4.39 Å². The van der Waals surface area contributed by atoms with E-state index < -0.39 is 0 Å². The van der Waals surface area contributed by atoms with Crippen LogP contribution in [0.5, 0.6) is 0 Å². The van der Waals surface area contributed by atoms with Gasteiger partial charge in [0, 0.05) is 5.56 Å². The predicted octanol–water partition coefficient (Wildman–Crippen LogP) is -2.25. The maximum absolute atomic E-state index is 14.2. The van der Waals surface area contributed by atoms with Crippen molar-refractivity contribution in [3.05, 3.63) is 35.1 Å². The molecule has 4 N–H and O–H groups in total. The van der Waals surface area contributed by atoms with Crippen LogP contribution in [-0.2, 0) is 6.54 Å². The highest BCUT2D eigenvalue weighted by Gasteiger charge is 2.36. The van der Waals surface area contributed by atoms with Crippen molar-refractivity contribution in [2.75, 3.05) is 39.3 Å². The molecule has 0 aromatic heterocycles. The molecule has 19 heavy (non-hydrogen) atoms. The summed E-state index contributed by atoms with van der Waals surface area (Å²) in [5.41, 5.74) is 2.20. The Kier molecular flexibility index (Phi) is 3.82. The van der Waals surface area contributed by atoms with Gasteiger partial charge in [-0.3, -0.25) is 0 Å². The predicted molar refractivity (Wildman–Crippen MR) is 71.6 cm³/mol. The summed E-state index contributed by atoms with van der Waals surface area (Å²) in [6, 6.07) is 5.92. The summed E-state index contributed by atoms with van der Waals surface area (Å²) in [6.45, 7) is 10.2. The van der Waals surface area contributed by atoms with Crippen molar-refractivity contribution in [3.8, 4) is 0 Å². The standard InChI is InChI=1S/C15H22FN3/c1-2-18-6-8-19(9-7-18)14-11-17-10-12-4-3-5-13(16)15(12)14/h3-5,14,17H,2,6-11H2,1H3/p+3/t14-/m0/s1. The van der Waals surface area contributed by atoms with Crippen molar-refractivity contribution in [1.82, 2.24) is 0 Å². The number of hydrogen-bond acceptors (Lipinski definition) is 0. The Morgan fingerprint density at radius 2 is 2.05 bits per heavy atom. The van der Waals surface area contributed by atoms with E-state index in [0.29, 0.717) is 6.04 Å². The van der Waals surface area contributed by atoms with Gasteiger partial charge in [-0.2, -0.15) is 0 Å². The van der Waals surface area contributed by atoms with Gasteiger partial charge in [-0.15, -0.1) is 0 Å². The van der Waals surface area contributed by atoms with E-state index in [4.69, 9.17) is 0 Å². The number of benzene rings is 1. The molecule has 0 spiro atoms. The van der Waals surface area contributed by atoms with Gasteiger partial charge < -0.3 is 15.1 Å². The molecule has 3 nitrogen and oxygen atoms in total. The Labute approximate surface area is 114 Å². The third-order valence-electron chi connectivity index (χ3n) is 4.85. The SMILES string of the molecule is CC[NH+]1CC[NH+]([C@H]2C[NH2+]Cc3cccc(F)c32)CC1. The minimum Gasteiger partial charge on any atom is -0.337 e. The molecule has 0 unspecified atom stereocenters. The number of nitrogens with two attached hydrogens (primary N) is 1. The summed E-state index contributed by atoms with van der Waals surface area (Å²) in [7, 11) is 0. The van der Waals surface area contributed by atoms with E-state index >= 15 is 0 Å². The van der Waals surface area contributed by atoms with Gasteiger partial charge in [0.05, 0.1) is 12.1 Å². The maximum Gasteiger partial charge on any atom is 0.166 e. The van der Waals surface area contributed by atoms with Crippen LogP contribution in [0.3, 0.4) is 0 Å². The molecule has 3 rings (SSSR count). The van der Waals surface area contributed by atoms with Gasteiger partial charge in [-0.1, -0.05) is 12.1 Å². The number of rotatable bonds is 2. The van der Waals surface area contributed by atoms with Crippen molar-refractivity contribution in [2.24, 2.45) is 0 Å². The number of likely N-dealkylation sites (N-methyl/N-ethyl adjacent to an activating group) is 1. The van der Waals surface area contributed by atoms with Crippen LogP contribution in [0.15, 0.2) is 18.2 Å². The zero-order valence-corrected chi connectivity index (χ0v) is 11.7. The average molecular weight is 266 g/mol. The zero-order chi connectivity index (χ0) is 13.2. The number of hydrogen-bond donors (Lipinski definition) is 3. The molecule has 2 aliphatic rings. The average Bonchev–Trinajstić information content (AvgIpc) is 2.47. The fourth-order valence-corrected chi connectivity index (χ4v) is 3.67. The van der Waals surface area contributed by atoms with E-state index in [-0.39, 0.29) is 5.82 Å². The largest absolute Gasteiger partial charge is 0.337 e.